The van der Waals surface area contributed by atoms with Crippen molar-refractivity contribution in [3.8, 4) is 11.5 Å². The number of ketones is 2. The van der Waals surface area contributed by atoms with E-state index >= 15 is 0 Å². The van der Waals surface area contributed by atoms with Crippen molar-refractivity contribution in [2.24, 2.45) is 0 Å². The molecule has 1 aliphatic rings. The number of para-hydroxylation sites is 1. The van der Waals surface area contributed by atoms with Crippen LogP contribution in [-0.4, -0.2) is 24.8 Å². The van der Waals surface area contributed by atoms with E-state index in [1.54, 1.807) is 0 Å². The molecule has 0 atom stereocenters. The Morgan fingerprint density at radius 3 is 1.88 bits per heavy atom. The molecule has 0 amide bonds. The number of rotatable bonds is 6. The highest BCUT2D eigenvalue weighted by molar-refractivity contribution is 6.02. The van der Waals surface area contributed by atoms with Crippen molar-refractivity contribution < 1.29 is 19.1 Å². The first-order chi connectivity index (χ1) is 11.7. The predicted octanol–water partition coefficient (Wildman–Crippen LogP) is 3.55. The van der Waals surface area contributed by atoms with Gasteiger partial charge in [0.1, 0.15) is 36.3 Å². The quantitative estimate of drug-likeness (QED) is 0.602. The molecule has 4 heteroatoms. The van der Waals surface area contributed by atoms with Crippen LogP contribution < -0.4 is 9.47 Å². The van der Waals surface area contributed by atoms with Crippen LogP contribution in [0.1, 0.15) is 30.7 Å². The second-order valence-electron chi connectivity index (χ2n) is 5.94. The van der Waals surface area contributed by atoms with E-state index in [9.17, 15) is 9.59 Å². The van der Waals surface area contributed by atoms with Crippen LogP contribution in [0.3, 0.4) is 0 Å². The largest absolute Gasteiger partial charge is 0.490 e. The molecule has 0 spiro atoms. The van der Waals surface area contributed by atoms with Crippen molar-refractivity contribution >= 4 is 11.6 Å². The Kier molecular flexibility index (Phi) is 5.26. The minimum absolute atomic E-state index is 0.00853. The molecular formula is C20H20O4. The molecule has 1 fully saturated rings. The van der Waals surface area contributed by atoms with Crippen LogP contribution in [0.15, 0.2) is 54.6 Å². The topological polar surface area (TPSA) is 52.6 Å². The summed E-state index contributed by atoms with van der Waals surface area (Å²) in [5, 5.41) is 0. The van der Waals surface area contributed by atoms with Crippen molar-refractivity contribution in [1.82, 2.24) is 0 Å². The number of hydrogen-bond donors (Lipinski definition) is 0. The SMILES string of the molecule is O=C1CC(=O)CC(c2ccc(OCCOc3ccccc3)cc2)C1. The molecule has 4 nitrogen and oxygen atoms in total. The monoisotopic (exact) mass is 324 g/mol. The molecule has 0 bridgehead atoms. The lowest BCUT2D eigenvalue weighted by atomic mass is 9.83. The highest BCUT2D eigenvalue weighted by atomic mass is 16.5. The summed E-state index contributed by atoms with van der Waals surface area (Å²) in [6, 6.07) is 17.2. The molecule has 0 heterocycles. The Hall–Kier alpha value is -2.62. The number of benzene rings is 2. The molecule has 0 aromatic heterocycles. The zero-order valence-corrected chi connectivity index (χ0v) is 13.4. The van der Waals surface area contributed by atoms with Crippen LogP contribution in [0.5, 0.6) is 11.5 Å². The fourth-order valence-corrected chi connectivity index (χ4v) is 2.89. The van der Waals surface area contributed by atoms with Crippen LogP contribution in [0.2, 0.25) is 0 Å². The molecule has 3 rings (SSSR count). The Balaban J connectivity index is 1.48. The van der Waals surface area contributed by atoms with Gasteiger partial charge >= 0.3 is 0 Å². The molecule has 2 aromatic rings. The van der Waals surface area contributed by atoms with E-state index in [1.807, 2.05) is 54.6 Å². The first-order valence-electron chi connectivity index (χ1n) is 8.15. The van der Waals surface area contributed by atoms with E-state index in [1.165, 1.54) is 0 Å². The number of ether oxygens (including phenoxy) is 2. The minimum atomic E-state index is 0.00853. The maximum absolute atomic E-state index is 11.6. The first-order valence-corrected chi connectivity index (χ1v) is 8.15. The van der Waals surface area contributed by atoms with Gasteiger partial charge in [0.05, 0.1) is 6.42 Å². The lowest BCUT2D eigenvalue weighted by Gasteiger charge is -2.20. The molecule has 0 N–H and O–H groups in total. The molecule has 24 heavy (non-hydrogen) atoms. The average Bonchev–Trinajstić information content (AvgIpc) is 2.59. The fourth-order valence-electron chi connectivity index (χ4n) is 2.89. The number of Topliss-reactive ketones (excluding diaryl/α,β-unsaturated/α-hetero) is 2. The Morgan fingerprint density at radius 2 is 1.29 bits per heavy atom. The zero-order valence-electron chi connectivity index (χ0n) is 13.4. The highest BCUT2D eigenvalue weighted by Crippen LogP contribution is 2.30. The van der Waals surface area contributed by atoms with E-state index < -0.39 is 0 Å². The summed E-state index contributed by atoms with van der Waals surface area (Å²) in [4.78, 5) is 23.1. The summed E-state index contributed by atoms with van der Waals surface area (Å²) >= 11 is 0. The van der Waals surface area contributed by atoms with Gasteiger partial charge in [-0.1, -0.05) is 30.3 Å². The lowest BCUT2D eigenvalue weighted by Crippen LogP contribution is -2.21. The van der Waals surface area contributed by atoms with Crippen molar-refractivity contribution in [3.05, 3.63) is 60.2 Å². The van der Waals surface area contributed by atoms with Crippen molar-refractivity contribution in [2.45, 2.75) is 25.2 Å². The summed E-state index contributed by atoms with van der Waals surface area (Å²) in [5.74, 6) is 1.66. The second kappa shape index (κ2) is 7.77. The van der Waals surface area contributed by atoms with Crippen molar-refractivity contribution in [3.63, 3.8) is 0 Å². The highest BCUT2D eigenvalue weighted by Gasteiger charge is 2.26. The van der Waals surface area contributed by atoms with Crippen LogP contribution in [0.4, 0.5) is 0 Å². The number of carbonyl (C=O) groups is 2. The lowest BCUT2D eigenvalue weighted by molar-refractivity contribution is -0.130. The molecule has 0 aliphatic heterocycles. The van der Waals surface area contributed by atoms with Crippen molar-refractivity contribution in [1.29, 1.82) is 0 Å². The van der Waals surface area contributed by atoms with Gasteiger partial charge in [-0.3, -0.25) is 9.59 Å². The van der Waals surface area contributed by atoms with Crippen LogP contribution in [-0.2, 0) is 9.59 Å². The Bertz CT molecular complexity index is 675. The molecule has 0 radical (unpaired) electrons. The van der Waals surface area contributed by atoms with Gasteiger partial charge in [0, 0.05) is 12.8 Å². The Labute approximate surface area is 141 Å². The van der Waals surface area contributed by atoms with E-state index in [0.717, 1.165) is 17.1 Å². The third-order valence-corrected chi connectivity index (χ3v) is 4.06. The van der Waals surface area contributed by atoms with E-state index in [2.05, 4.69) is 0 Å². The third-order valence-electron chi connectivity index (χ3n) is 4.06. The van der Waals surface area contributed by atoms with Gasteiger partial charge < -0.3 is 9.47 Å². The van der Waals surface area contributed by atoms with Gasteiger partial charge in [0.15, 0.2) is 0 Å². The van der Waals surface area contributed by atoms with Gasteiger partial charge in [-0.15, -0.1) is 0 Å². The summed E-state index contributed by atoms with van der Waals surface area (Å²) in [6.45, 7) is 0.923. The predicted molar refractivity (Wildman–Crippen MR) is 90.5 cm³/mol. The van der Waals surface area contributed by atoms with E-state index in [4.69, 9.17) is 9.47 Å². The second-order valence-corrected chi connectivity index (χ2v) is 5.94. The van der Waals surface area contributed by atoms with E-state index in [-0.39, 0.29) is 23.9 Å². The fraction of sp³-hybridized carbons (Fsp3) is 0.300. The van der Waals surface area contributed by atoms with E-state index in [0.29, 0.717) is 26.1 Å². The van der Waals surface area contributed by atoms with Gasteiger partial charge in [-0.25, -0.2) is 0 Å². The smallest absolute Gasteiger partial charge is 0.140 e. The van der Waals surface area contributed by atoms with Gasteiger partial charge in [-0.2, -0.15) is 0 Å². The third kappa shape index (κ3) is 4.44. The number of carbonyl (C=O) groups excluding carboxylic acids is 2. The Morgan fingerprint density at radius 1 is 0.750 bits per heavy atom. The summed E-state index contributed by atoms with van der Waals surface area (Å²) in [7, 11) is 0. The van der Waals surface area contributed by atoms with Crippen LogP contribution in [0.25, 0.3) is 0 Å². The van der Waals surface area contributed by atoms with Gasteiger partial charge in [0.2, 0.25) is 0 Å². The molecule has 1 saturated carbocycles. The van der Waals surface area contributed by atoms with Gasteiger partial charge in [-0.05, 0) is 35.7 Å². The molecule has 0 saturated heterocycles. The molecular weight excluding hydrogens is 304 g/mol. The summed E-state index contributed by atoms with van der Waals surface area (Å²) in [6.07, 6.45) is 1.01. The molecule has 2 aromatic carbocycles. The maximum atomic E-state index is 11.6. The molecule has 0 unspecified atom stereocenters. The van der Waals surface area contributed by atoms with Crippen molar-refractivity contribution in [2.75, 3.05) is 13.2 Å². The molecule has 1 aliphatic carbocycles. The van der Waals surface area contributed by atoms with Gasteiger partial charge in [0.25, 0.3) is 0 Å². The molecule has 124 valence electrons. The summed E-state index contributed by atoms with van der Waals surface area (Å²) in [5.41, 5.74) is 1.02. The summed E-state index contributed by atoms with van der Waals surface area (Å²) < 4.78 is 11.2. The average molecular weight is 324 g/mol. The minimum Gasteiger partial charge on any atom is -0.490 e. The zero-order chi connectivity index (χ0) is 16.8. The normalized spacial score (nSPS) is 15.3. The first kappa shape index (κ1) is 16.2. The van der Waals surface area contributed by atoms with Crippen LogP contribution in [0, 0.1) is 0 Å². The van der Waals surface area contributed by atoms with Crippen LogP contribution >= 0.6 is 0 Å². The maximum Gasteiger partial charge on any atom is 0.140 e. The standard InChI is InChI=1S/C20H20O4/c21-17-12-16(13-18(22)14-17)15-6-8-20(9-7-15)24-11-10-23-19-4-2-1-3-5-19/h1-9,16H,10-14H2. The number of hydrogen-bond acceptors (Lipinski definition) is 4.